The van der Waals surface area contributed by atoms with Gasteiger partial charge in [0.15, 0.2) is 0 Å². The van der Waals surface area contributed by atoms with Gasteiger partial charge in [-0.05, 0) is 25.2 Å². The van der Waals surface area contributed by atoms with Gasteiger partial charge in [0.25, 0.3) is 0 Å². The summed E-state index contributed by atoms with van der Waals surface area (Å²) in [6.45, 7) is 7.87. The molecule has 76 valence electrons. The minimum absolute atomic E-state index is 0.0834. The van der Waals surface area contributed by atoms with Gasteiger partial charge in [0.2, 0.25) is 5.91 Å². The van der Waals surface area contributed by atoms with E-state index in [0.717, 1.165) is 13.1 Å². The second-order valence-corrected chi connectivity index (χ2v) is 4.96. The highest BCUT2D eigenvalue weighted by molar-refractivity contribution is 6.30. The molecule has 1 saturated heterocycles. The van der Waals surface area contributed by atoms with Crippen molar-refractivity contribution in [2.45, 2.75) is 32.6 Å². The maximum atomic E-state index is 11.6. The number of carbonyl (C=O) groups excluding carboxylic acids is 1. The highest BCUT2D eigenvalue weighted by Gasteiger charge is 2.27. The van der Waals surface area contributed by atoms with Crippen molar-refractivity contribution in [2.24, 2.45) is 11.8 Å². The third-order valence-electron chi connectivity index (χ3n) is 2.52. The number of halogens is 1. The molecular formula is C10H18ClNO. The van der Waals surface area contributed by atoms with Crippen LogP contribution in [0.25, 0.3) is 0 Å². The molecule has 0 bridgehead atoms. The lowest BCUT2D eigenvalue weighted by Gasteiger charge is -2.35. The second-order valence-electron chi connectivity index (χ2n) is 4.31. The SMILES string of the molecule is C[C@@H]1C[C@H](C)CN(C(=O)[C@H](C)Cl)C1. The van der Waals surface area contributed by atoms with Crippen LogP contribution >= 0.6 is 11.6 Å². The van der Waals surface area contributed by atoms with Gasteiger partial charge >= 0.3 is 0 Å². The first kappa shape index (κ1) is 10.8. The number of alkyl halides is 1. The summed E-state index contributed by atoms with van der Waals surface area (Å²) in [4.78, 5) is 13.5. The average Bonchev–Trinajstić information content (AvgIpc) is 2.01. The predicted molar refractivity (Wildman–Crippen MR) is 54.8 cm³/mol. The Balaban J connectivity index is 2.55. The molecule has 0 aromatic heterocycles. The van der Waals surface area contributed by atoms with Gasteiger partial charge in [0, 0.05) is 13.1 Å². The second kappa shape index (κ2) is 4.32. The summed E-state index contributed by atoms with van der Waals surface area (Å²) in [5.74, 6) is 1.31. The fourth-order valence-electron chi connectivity index (χ4n) is 2.09. The Morgan fingerprint density at radius 3 is 2.23 bits per heavy atom. The predicted octanol–water partition coefficient (Wildman–Crippen LogP) is 2.12. The van der Waals surface area contributed by atoms with Crippen molar-refractivity contribution in [3.63, 3.8) is 0 Å². The van der Waals surface area contributed by atoms with E-state index in [-0.39, 0.29) is 11.3 Å². The van der Waals surface area contributed by atoms with E-state index >= 15 is 0 Å². The smallest absolute Gasteiger partial charge is 0.240 e. The number of hydrogen-bond donors (Lipinski definition) is 0. The van der Waals surface area contributed by atoms with E-state index in [1.165, 1.54) is 6.42 Å². The summed E-state index contributed by atoms with van der Waals surface area (Å²) in [6, 6.07) is 0. The molecule has 0 unspecified atom stereocenters. The molecule has 1 rings (SSSR count). The van der Waals surface area contributed by atoms with Crippen LogP contribution in [0.2, 0.25) is 0 Å². The molecule has 1 amide bonds. The number of piperidine rings is 1. The molecule has 0 saturated carbocycles. The van der Waals surface area contributed by atoms with Crippen molar-refractivity contribution in [3.05, 3.63) is 0 Å². The molecular weight excluding hydrogens is 186 g/mol. The van der Waals surface area contributed by atoms with E-state index < -0.39 is 0 Å². The first-order valence-electron chi connectivity index (χ1n) is 4.93. The standard InChI is InChI=1S/C10H18ClNO/c1-7-4-8(2)6-12(5-7)10(13)9(3)11/h7-9H,4-6H2,1-3H3/t7-,8+,9-/m0/s1. The molecule has 2 nitrogen and oxygen atoms in total. The minimum Gasteiger partial charge on any atom is -0.341 e. The van der Waals surface area contributed by atoms with Gasteiger partial charge in [-0.25, -0.2) is 0 Å². The highest BCUT2D eigenvalue weighted by atomic mass is 35.5. The lowest BCUT2D eigenvalue weighted by atomic mass is 9.92. The molecule has 3 atom stereocenters. The van der Waals surface area contributed by atoms with Crippen LogP contribution < -0.4 is 0 Å². The van der Waals surface area contributed by atoms with Crippen LogP contribution in [0.1, 0.15) is 27.2 Å². The summed E-state index contributed by atoms with van der Waals surface area (Å²) in [7, 11) is 0. The van der Waals surface area contributed by atoms with Crippen LogP contribution in [-0.2, 0) is 4.79 Å². The van der Waals surface area contributed by atoms with E-state index in [0.29, 0.717) is 11.8 Å². The largest absolute Gasteiger partial charge is 0.341 e. The molecule has 3 heteroatoms. The lowest BCUT2D eigenvalue weighted by molar-refractivity contribution is -0.133. The number of hydrogen-bond acceptors (Lipinski definition) is 1. The quantitative estimate of drug-likeness (QED) is 0.598. The summed E-state index contributed by atoms with van der Waals surface area (Å²) < 4.78 is 0. The van der Waals surface area contributed by atoms with Crippen molar-refractivity contribution < 1.29 is 4.79 Å². The zero-order chi connectivity index (χ0) is 10.0. The first-order valence-corrected chi connectivity index (χ1v) is 5.37. The van der Waals surface area contributed by atoms with E-state index in [1.54, 1.807) is 6.92 Å². The normalized spacial score (nSPS) is 31.5. The summed E-state index contributed by atoms with van der Waals surface area (Å²) in [5, 5.41) is -0.377. The third kappa shape index (κ3) is 2.87. The Kier molecular flexibility index (Phi) is 3.60. The number of rotatable bonds is 1. The van der Waals surface area contributed by atoms with Gasteiger partial charge in [0.1, 0.15) is 5.38 Å². The zero-order valence-corrected chi connectivity index (χ0v) is 9.34. The first-order chi connectivity index (χ1) is 6.00. The fourth-order valence-corrected chi connectivity index (χ4v) is 2.23. The maximum Gasteiger partial charge on any atom is 0.240 e. The Morgan fingerprint density at radius 2 is 1.85 bits per heavy atom. The molecule has 1 aliphatic heterocycles. The maximum absolute atomic E-state index is 11.6. The Morgan fingerprint density at radius 1 is 1.38 bits per heavy atom. The van der Waals surface area contributed by atoms with Crippen LogP contribution in [0.4, 0.5) is 0 Å². The van der Waals surface area contributed by atoms with E-state index in [1.807, 2.05) is 4.90 Å². The van der Waals surface area contributed by atoms with Crippen molar-refractivity contribution in [1.82, 2.24) is 4.90 Å². The number of nitrogens with zero attached hydrogens (tertiary/aromatic N) is 1. The van der Waals surface area contributed by atoms with Crippen LogP contribution in [0.3, 0.4) is 0 Å². The molecule has 13 heavy (non-hydrogen) atoms. The van der Waals surface area contributed by atoms with Gasteiger partial charge in [-0.1, -0.05) is 13.8 Å². The van der Waals surface area contributed by atoms with Gasteiger partial charge in [-0.15, -0.1) is 11.6 Å². The van der Waals surface area contributed by atoms with Gasteiger partial charge < -0.3 is 4.90 Å². The van der Waals surface area contributed by atoms with Crippen molar-refractivity contribution in [3.8, 4) is 0 Å². The fraction of sp³-hybridized carbons (Fsp3) is 0.900. The van der Waals surface area contributed by atoms with Crippen molar-refractivity contribution in [1.29, 1.82) is 0 Å². The molecule has 1 heterocycles. The summed E-state index contributed by atoms with van der Waals surface area (Å²) >= 11 is 5.77. The third-order valence-corrected chi connectivity index (χ3v) is 2.71. The number of amides is 1. The summed E-state index contributed by atoms with van der Waals surface area (Å²) in [5.41, 5.74) is 0. The van der Waals surface area contributed by atoms with Gasteiger partial charge in [-0.2, -0.15) is 0 Å². The molecule has 0 N–H and O–H groups in total. The molecule has 0 aliphatic carbocycles. The Labute approximate surface area is 85.2 Å². The van der Waals surface area contributed by atoms with Crippen molar-refractivity contribution >= 4 is 17.5 Å². The van der Waals surface area contributed by atoms with Crippen LogP contribution in [0.15, 0.2) is 0 Å². The van der Waals surface area contributed by atoms with Crippen molar-refractivity contribution in [2.75, 3.05) is 13.1 Å². The van der Waals surface area contributed by atoms with Crippen LogP contribution in [-0.4, -0.2) is 29.3 Å². The monoisotopic (exact) mass is 203 g/mol. The highest BCUT2D eigenvalue weighted by Crippen LogP contribution is 2.21. The zero-order valence-electron chi connectivity index (χ0n) is 8.59. The van der Waals surface area contributed by atoms with Crippen LogP contribution in [0, 0.1) is 11.8 Å². The molecule has 0 radical (unpaired) electrons. The Bertz CT molecular complexity index is 183. The molecule has 0 spiro atoms. The van der Waals surface area contributed by atoms with E-state index in [9.17, 15) is 4.79 Å². The summed E-state index contributed by atoms with van der Waals surface area (Å²) in [6.07, 6.45) is 1.22. The van der Waals surface area contributed by atoms with Gasteiger partial charge in [-0.3, -0.25) is 4.79 Å². The molecule has 0 aromatic carbocycles. The topological polar surface area (TPSA) is 20.3 Å². The number of carbonyl (C=O) groups is 1. The molecule has 0 aromatic rings. The van der Waals surface area contributed by atoms with Crippen LogP contribution in [0.5, 0.6) is 0 Å². The lowest BCUT2D eigenvalue weighted by Crippen LogP contribution is -2.45. The van der Waals surface area contributed by atoms with E-state index in [4.69, 9.17) is 11.6 Å². The van der Waals surface area contributed by atoms with E-state index in [2.05, 4.69) is 13.8 Å². The number of likely N-dealkylation sites (tertiary alicyclic amines) is 1. The minimum atomic E-state index is -0.377. The van der Waals surface area contributed by atoms with Gasteiger partial charge in [0.05, 0.1) is 0 Å². The molecule has 1 fully saturated rings. The average molecular weight is 204 g/mol. The Hall–Kier alpha value is -0.240. The molecule has 1 aliphatic rings.